The smallest absolute Gasteiger partial charge is 0.249 e. The van der Waals surface area contributed by atoms with E-state index in [1.807, 2.05) is 13.8 Å². The second-order valence-electron chi connectivity index (χ2n) is 11.7. The second-order valence-corrected chi connectivity index (χ2v) is 11.7. The lowest BCUT2D eigenvalue weighted by atomic mass is 9.98. The number of carbonyl (C=O) groups excluding carboxylic acids is 3. The average Bonchev–Trinajstić information content (AvgIpc) is 3.33. The van der Waals surface area contributed by atoms with Crippen LogP contribution >= 0.6 is 0 Å². The number of nitrogens with one attached hydrogen (secondary N) is 2. The molecule has 7 atom stereocenters. The molecule has 0 aromatic heterocycles. The number of phenols is 1. The molecule has 2 aliphatic rings. The molecule has 0 saturated carbocycles. The molecule has 43 heavy (non-hydrogen) atoms. The van der Waals surface area contributed by atoms with Crippen LogP contribution in [0.2, 0.25) is 0 Å². The van der Waals surface area contributed by atoms with E-state index in [0.717, 1.165) is 0 Å². The standard InChI is InChI=1S/C29H46N6O8/c1-16(2)10-21(34-27(41)24(39)11-17-5-7-19(37)8-6-17)28(42)35-22-12-20(38)15-43-25(22)13-23(35)26(40)33-18(14-36)4-3-9-32-29(30)31/h5-8,16,18,20-25,36-39H,3-4,9-15H2,1-2H3,(H,33,40)(H,34,41)(H4,30,31,32)/t18-,20-,21+,22-,23-,24+,25-/m0/s1. The number of fused-ring (bicyclic) bond motifs is 1. The first kappa shape index (κ1) is 34.0. The quantitative estimate of drug-likeness (QED) is 0.0692. The molecule has 2 fully saturated rings. The summed E-state index contributed by atoms with van der Waals surface area (Å²) in [6.07, 6.45) is -1.27. The van der Waals surface area contributed by atoms with E-state index in [4.69, 9.17) is 16.2 Å². The van der Waals surface area contributed by atoms with E-state index >= 15 is 0 Å². The average molecular weight is 607 g/mol. The molecule has 2 heterocycles. The number of nitrogens with zero attached hydrogens (tertiary/aromatic N) is 2. The van der Waals surface area contributed by atoms with Gasteiger partial charge in [0.05, 0.1) is 37.5 Å². The lowest BCUT2D eigenvalue weighted by molar-refractivity contribution is -0.148. The molecular weight excluding hydrogens is 560 g/mol. The minimum Gasteiger partial charge on any atom is -0.508 e. The van der Waals surface area contributed by atoms with E-state index in [0.29, 0.717) is 24.9 Å². The Hall–Kier alpha value is -3.46. The molecule has 3 rings (SSSR count). The molecule has 240 valence electrons. The van der Waals surface area contributed by atoms with Gasteiger partial charge in [0.1, 0.15) is 23.9 Å². The SMILES string of the molecule is CC(C)C[C@@H](NC(=O)[C@H](O)Cc1ccc(O)cc1)C(=O)N1[C@H](C(=O)N[C@H](CO)CCCN=C(N)N)C[C@@H]2OC[C@@H](O)C[C@@H]21. The van der Waals surface area contributed by atoms with Gasteiger partial charge in [-0.3, -0.25) is 19.4 Å². The summed E-state index contributed by atoms with van der Waals surface area (Å²) in [4.78, 5) is 46.0. The third-order valence-electron chi connectivity index (χ3n) is 7.71. The van der Waals surface area contributed by atoms with Gasteiger partial charge < -0.3 is 52.2 Å². The minimum atomic E-state index is -1.46. The lowest BCUT2D eigenvalue weighted by Crippen LogP contribution is -2.59. The van der Waals surface area contributed by atoms with Crippen molar-refractivity contribution in [1.29, 1.82) is 0 Å². The molecule has 14 nitrogen and oxygen atoms in total. The number of amides is 3. The summed E-state index contributed by atoms with van der Waals surface area (Å²) >= 11 is 0. The highest BCUT2D eigenvalue weighted by Crippen LogP contribution is 2.34. The predicted molar refractivity (Wildman–Crippen MR) is 158 cm³/mol. The molecule has 0 aliphatic carbocycles. The molecule has 3 amide bonds. The summed E-state index contributed by atoms with van der Waals surface area (Å²) in [6.45, 7) is 3.85. The Bertz CT molecular complexity index is 1110. The predicted octanol–water partition coefficient (Wildman–Crippen LogP) is -1.52. The molecule has 1 aromatic carbocycles. The number of aromatic hydroxyl groups is 1. The molecule has 14 heteroatoms. The fourth-order valence-electron chi connectivity index (χ4n) is 5.62. The number of likely N-dealkylation sites (tertiary alicyclic amines) is 1. The van der Waals surface area contributed by atoms with Gasteiger partial charge in [-0.15, -0.1) is 0 Å². The van der Waals surface area contributed by atoms with Crippen LogP contribution < -0.4 is 22.1 Å². The van der Waals surface area contributed by atoms with Crippen LogP contribution in [0.15, 0.2) is 29.3 Å². The van der Waals surface area contributed by atoms with E-state index in [1.54, 1.807) is 12.1 Å². The van der Waals surface area contributed by atoms with Gasteiger partial charge in [-0.25, -0.2) is 0 Å². The molecule has 0 unspecified atom stereocenters. The van der Waals surface area contributed by atoms with Crippen LogP contribution in [-0.2, 0) is 25.5 Å². The monoisotopic (exact) mass is 606 g/mol. The van der Waals surface area contributed by atoms with E-state index in [2.05, 4.69) is 15.6 Å². The number of phenolic OH excluding ortho intramolecular Hbond substituents is 1. The summed E-state index contributed by atoms with van der Waals surface area (Å²) in [5, 5.41) is 45.8. The zero-order valence-electron chi connectivity index (χ0n) is 24.8. The number of hydrogen-bond donors (Lipinski definition) is 8. The second kappa shape index (κ2) is 15.8. The van der Waals surface area contributed by atoms with Gasteiger partial charge >= 0.3 is 0 Å². The van der Waals surface area contributed by atoms with Crippen LogP contribution in [0.3, 0.4) is 0 Å². The number of guanidine groups is 1. The van der Waals surface area contributed by atoms with Crippen molar-refractivity contribution < 1.29 is 39.5 Å². The Morgan fingerprint density at radius 1 is 1.14 bits per heavy atom. The Kier molecular flexibility index (Phi) is 12.5. The zero-order valence-corrected chi connectivity index (χ0v) is 24.8. The first-order chi connectivity index (χ1) is 20.4. The maximum atomic E-state index is 14.1. The molecular formula is C29H46N6O8. The number of ether oxygens (including phenoxy) is 1. The van der Waals surface area contributed by atoms with Gasteiger partial charge in [-0.2, -0.15) is 0 Å². The largest absolute Gasteiger partial charge is 0.508 e. The van der Waals surface area contributed by atoms with Crippen molar-refractivity contribution in [3.8, 4) is 5.75 Å². The molecule has 1 aromatic rings. The highest BCUT2D eigenvalue weighted by Gasteiger charge is 2.51. The minimum absolute atomic E-state index is 0.0219. The molecule has 0 radical (unpaired) electrons. The first-order valence-electron chi connectivity index (χ1n) is 14.7. The third-order valence-corrected chi connectivity index (χ3v) is 7.71. The number of aliphatic hydroxyl groups excluding tert-OH is 3. The van der Waals surface area contributed by atoms with Gasteiger partial charge in [0.25, 0.3) is 0 Å². The normalized spacial score (nSPS) is 23.6. The summed E-state index contributed by atoms with van der Waals surface area (Å²) in [7, 11) is 0. The van der Waals surface area contributed by atoms with E-state index in [1.165, 1.54) is 17.0 Å². The van der Waals surface area contributed by atoms with Crippen LogP contribution in [-0.4, -0.2) is 111 Å². The summed E-state index contributed by atoms with van der Waals surface area (Å²) in [6, 6.07) is 2.86. The van der Waals surface area contributed by atoms with Gasteiger partial charge in [0.2, 0.25) is 17.7 Å². The number of carbonyl (C=O) groups is 3. The lowest BCUT2D eigenvalue weighted by Gasteiger charge is -2.37. The maximum Gasteiger partial charge on any atom is 0.249 e. The Balaban J connectivity index is 1.77. The molecule has 0 bridgehead atoms. The van der Waals surface area contributed by atoms with Crippen molar-refractivity contribution in [3.05, 3.63) is 29.8 Å². The van der Waals surface area contributed by atoms with E-state index in [-0.39, 0.29) is 56.5 Å². The highest BCUT2D eigenvalue weighted by molar-refractivity contribution is 5.94. The number of aliphatic imine (C=N–C) groups is 1. The fraction of sp³-hybridized carbons (Fsp3) is 0.655. The Morgan fingerprint density at radius 3 is 2.47 bits per heavy atom. The van der Waals surface area contributed by atoms with Crippen LogP contribution in [0.25, 0.3) is 0 Å². The first-order valence-corrected chi connectivity index (χ1v) is 14.7. The van der Waals surface area contributed by atoms with E-state index in [9.17, 15) is 34.8 Å². The maximum absolute atomic E-state index is 14.1. The Labute approximate surface area is 251 Å². The molecule has 2 aliphatic heterocycles. The van der Waals surface area contributed by atoms with Crippen molar-refractivity contribution in [2.75, 3.05) is 19.8 Å². The molecule has 10 N–H and O–H groups in total. The number of benzene rings is 1. The highest BCUT2D eigenvalue weighted by atomic mass is 16.5. The number of hydrogen-bond acceptors (Lipinski definition) is 9. The van der Waals surface area contributed by atoms with E-state index < -0.39 is 60.2 Å². The van der Waals surface area contributed by atoms with Crippen molar-refractivity contribution in [3.63, 3.8) is 0 Å². The number of aliphatic hydroxyl groups is 3. The fourth-order valence-corrected chi connectivity index (χ4v) is 5.62. The summed E-state index contributed by atoms with van der Waals surface area (Å²) in [5.41, 5.74) is 11.3. The number of rotatable bonds is 14. The summed E-state index contributed by atoms with van der Waals surface area (Å²) < 4.78 is 5.81. The van der Waals surface area contributed by atoms with Crippen molar-refractivity contribution >= 4 is 23.7 Å². The number of nitrogens with two attached hydrogens (primary N) is 2. The van der Waals surface area contributed by atoms with Crippen LogP contribution in [0, 0.1) is 5.92 Å². The Morgan fingerprint density at radius 2 is 1.84 bits per heavy atom. The van der Waals surface area contributed by atoms with Crippen LogP contribution in [0.4, 0.5) is 0 Å². The zero-order chi connectivity index (χ0) is 31.7. The molecule has 0 spiro atoms. The van der Waals surface area contributed by atoms with Crippen LogP contribution in [0.1, 0.15) is 51.5 Å². The third kappa shape index (κ3) is 9.78. The van der Waals surface area contributed by atoms with Gasteiger partial charge in [0, 0.05) is 19.4 Å². The van der Waals surface area contributed by atoms with Crippen LogP contribution in [0.5, 0.6) is 5.75 Å². The van der Waals surface area contributed by atoms with Crippen molar-refractivity contribution in [2.24, 2.45) is 22.4 Å². The van der Waals surface area contributed by atoms with Crippen molar-refractivity contribution in [1.82, 2.24) is 15.5 Å². The molecule has 2 saturated heterocycles. The van der Waals surface area contributed by atoms with Crippen molar-refractivity contribution in [2.45, 2.75) is 94.9 Å². The topological polar surface area (TPSA) is 233 Å². The summed E-state index contributed by atoms with van der Waals surface area (Å²) in [5.74, 6) is -1.76. The van der Waals surface area contributed by atoms with Gasteiger partial charge in [-0.1, -0.05) is 26.0 Å². The van der Waals surface area contributed by atoms with Gasteiger partial charge in [-0.05, 0) is 49.3 Å². The van der Waals surface area contributed by atoms with Gasteiger partial charge in [0.15, 0.2) is 5.96 Å².